The summed E-state index contributed by atoms with van der Waals surface area (Å²) in [6.07, 6.45) is -1.54. The van der Waals surface area contributed by atoms with Gasteiger partial charge in [-0.3, -0.25) is 9.27 Å². The van der Waals surface area contributed by atoms with Crippen LogP contribution in [0.1, 0.15) is 49.7 Å². The Morgan fingerprint density at radius 3 is 2.68 bits per heavy atom. The molecule has 2 unspecified atom stereocenters. The van der Waals surface area contributed by atoms with Crippen LogP contribution in [0.25, 0.3) is 0 Å². The lowest BCUT2D eigenvalue weighted by atomic mass is 9.55. The van der Waals surface area contributed by atoms with Crippen LogP contribution in [-0.2, 0) is 16.7 Å². The van der Waals surface area contributed by atoms with Crippen LogP contribution in [0.2, 0.25) is 0 Å². The highest BCUT2D eigenvalue weighted by Crippen LogP contribution is 2.62. The first kappa shape index (κ1) is 22.4. The lowest BCUT2D eigenvalue weighted by molar-refractivity contribution is -0.153. The predicted molar refractivity (Wildman–Crippen MR) is 108 cm³/mol. The summed E-state index contributed by atoms with van der Waals surface area (Å²) in [5.74, 6) is 0.112. The number of fused-ring (bicyclic) bond motifs is 5. The summed E-state index contributed by atoms with van der Waals surface area (Å²) in [6, 6.07) is 2.93. The minimum absolute atomic E-state index is 0.0527. The van der Waals surface area contributed by atoms with Gasteiger partial charge in [-0.25, -0.2) is 0 Å². The average molecular weight is 462 g/mol. The number of rotatable bonds is 4. The van der Waals surface area contributed by atoms with E-state index >= 15 is 0 Å². The van der Waals surface area contributed by atoms with Crippen molar-refractivity contribution in [1.29, 1.82) is 0 Å². The SMILES string of the molecule is C=C1C[C@@H](O)[C@@]2(C)CCC3c4cc(OCC(F)(F)F)c(NS(=O)(=O)O)cc4CCC3[C@H]12. The first-order valence-electron chi connectivity index (χ1n) is 10.3. The molecule has 172 valence electrons. The Labute approximate surface area is 179 Å². The zero-order valence-electron chi connectivity index (χ0n) is 17.1. The van der Waals surface area contributed by atoms with Crippen LogP contribution >= 0.6 is 0 Å². The fraction of sp³-hybridized carbons (Fsp3) is 0.619. The number of hydrogen-bond acceptors (Lipinski definition) is 4. The molecule has 0 aliphatic heterocycles. The number of aryl methyl sites for hydroxylation is 1. The molecule has 3 N–H and O–H groups in total. The molecule has 0 radical (unpaired) electrons. The van der Waals surface area contributed by atoms with Crippen molar-refractivity contribution in [2.24, 2.45) is 17.3 Å². The van der Waals surface area contributed by atoms with Crippen LogP contribution in [-0.4, -0.2) is 37.0 Å². The summed E-state index contributed by atoms with van der Waals surface area (Å²) >= 11 is 0. The van der Waals surface area contributed by atoms with E-state index in [9.17, 15) is 26.7 Å². The molecule has 1 aromatic carbocycles. The van der Waals surface area contributed by atoms with Gasteiger partial charge in [0.1, 0.15) is 5.75 Å². The van der Waals surface area contributed by atoms with Gasteiger partial charge in [-0.1, -0.05) is 19.1 Å². The molecule has 4 rings (SSSR count). The van der Waals surface area contributed by atoms with Crippen molar-refractivity contribution in [2.75, 3.05) is 11.3 Å². The van der Waals surface area contributed by atoms with E-state index in [4.69, 9.17) is 9.29 Å². The molecule has 0 bridgehead atoms. The Morgan fingerprint density at radius 2 is 2.03 bits per heavy atom. The van der Waals surface area contributed by atoms with Crippen molar-refractivity contribution in [3.63, 3.8) is 0 Å². The smallest absolute Gasteiger partial charge is 0.422 e. The molecule has 2 saturated carbocycles. The van der Waals surface area contributed by atoms with E-state index in [-0.39, 0.29) is 34.6 Å². The molecule has 31 heavy (non-hydrogen) atoms. The Kier molecular flexibility index (Phi) is 5.34. The van der Waals surface area contributed by atoms with Gasteiger partial charge in [0, 0.05) is 5.41 Å². The maximum absolute atomic E-state index is 12.7. The molecular weight excluding hydrogens is 435 g/mol. The number of ether oxygens (including phenoxy) is 1. The van der Waals surface area contributed by atoms with Crippen molar-refractivity contribution in [1.82, 2.24) is 0 Å². The van der Waals surface area contributed by atoms with Crippen molar-refractivity contribution in [3.8, 4) is 5.75 Å². The summed E-state index contributed by atoms with van der Waals surface area (Å²) < 4.78 is 76.8. The molecule has 3 aliphatic carbocycles. The molecule has 10 heteroatoms. The van der Waals surface area contributed by atoms with E-state index in [1.54, 1.807) is 0 Å². The maximum Gasteiger partial charge on any atom is 0.422 e. The number of alkyl halides is 3. The molecular formula is C21H26F3NO5S. The van der Waals surface area contributed by atoms with E-state index in [1.165, 1.54) is 12.1 Å². The minimum Gasteiger partial charge on any atom is -0.482 e. The third-order valence-electron chi connectivity index (χ3n) is 7.32. The Bertz CT molecular complexity index is 1010. The van der Waals surface area contributed by atoms with Gasteiger partial charge in [0.05, 0.1) is 11.8 Å². The number of benzene rings is 1. The molecule has 1 aromatic rings. The standard InChI is InChI=1S/C21H26F3NO5S/c1-11-7-18(26)20(2)6-5-13-14(19(11)20)4-3-12-8-16(25-31(27,28)29)17(9-15(12)13)30-10-21(22,23)24/h8-9,13-14,18-19,25-26H,1,3-7,10H2,2H3,(H,27,28,29)/t13?,14?,18-,19+,20-/m1/s1. The van der Waals surface area contributed by atoms with Crippen molar-refractivity contribution in [2.45, 2.75) is 57.2 Å². The van der Waals surface area contributed by atoms with Crippen LogP contribution < -0.4 is 9.46 Å². The van der Waals surface area contributed by atoms with Gasteiger partial charge in [0.25, 0.3) is 0 Å². The van der Waals surface area contributed by atoms with E-state index in [1.807, 2.05) is 4.72 Å². The fourth-order valence-corrected chi connectivity index (χ4v) is 6.52. The number of nitrogens with one attached hydrogen (secondary N) is 1. The van der Waals surface area contributed by atoms with E-state index in [2.05, 4.69) is 13.5 Å². The Hall–Kier alpha value is -1.78. The Morgan fingerprint density at radius 1 is 1.32 bits per heavy atom. The number of halogens is 3. The number of anilines is 1. The monoisotopic (exact) mass is 461 g/mol. The molecule has 6 nitrogen and oxygen atoms in total. The third kappa shape index (κ3) is 4.17. The van der Waals surface area contributed by atoms with Gasteiger partial charge < -0.3 is 9.84 Å². The third-order valence-corrected chi connectivity index (χ3v) is 7.80. The van der Waals surface area contributed by atoms with Crippen molar-refractivity contribution < 1.29 is 36.0 Å². The molecule has 0 spiro atoms. The second-order valence-electron chi connectivity index (χ2n) is 9.24. The van der Waals surface area contributed by atoms with Gasteiger partial charge in [-0.2, -0.15) is 21.6 Å². The van der Waals surface area contributed by atoms with E-state index in [0.29, 0.717) is 12.8 Å². The number of aliphatic hydroxyl groups excluding tert-OH is 1. The van der Waals surface area contributed by atoms with Crippen LogP contribution in [0.3, 0.4) is 0 Å². The van der Waals surface area contributed by atoms with Gasteiger partial charge in [-0.15, -0.1) is 0 Å². The zero-order valence-corrected chi connectivity index (χ0v) is 17.9. The second-order valence-corrected chi connectivity index (χ2v) is 10.4. The highest BCUT2D eigenvalue weighted by atomic mass is 32.2. The fourth-order valence-electron chi connectivity index (χ4n) is 6.08. The maximum atomic E-state index is 12.7. The Balaban J connectivity index is 1.72. The van der Waals surface area contributed by atoms with Gasteiger partial charge >= 0.3 is 16.5 Å². The molecule has 5 atom stereocenters. The highest BCUT2D eigenvalue weighted by Gasteiger charge is 2.56. The molecule has 0 heterocycles. The molecule has 0 saturated heterocycles. The number of aliphatic hydroxyl groups is 1. The number of hydrogen-bond donors (Lipinski definition) is 3. The summed E-state index contributed by atoms with van der Waals surface area (Å²) in [7, 11) is -4.69. The zero-order chi connectivity index (χ0) is 22.8. The second kappa shape index (κ2) is 7.38. The van der Waals surface area contributed by atoms with Crippen molar-refractivity contribution in [3.05, 3.63) is 35.4 Å². The highest BCUT2D eigenvalue weighted by molar-refractivity contribution is 7.87. The van der Waals surface area contributed by atoms with Crippen LogP contribution in [0.15, 0.2) is 24.3 Å². The largest absolute Gasteiger partial charge is 0.482 e. The minimum atomic E-state index is -4.69. The quantitative estimate of drug-likeness (QED) is 0.461. The summed E-state index contributed by atoms with van der Waals surface area (Å²) in [5.41, 5.74) is 2.21. The predicted octanol–water partition coefficient (Wildman–Crippen LogP) is 4.23. The van der Waals surface area contributed by atoms with Crippen LogP contribution in [0.5, 0.6) is 5.75 Å². The first-order valence-corrected chi connectivity index (χ1v) is 11.7. The normalized spacial score (nSPS) is 32.8. The van der Waals surface area contributed by atoms with E-state index in [0.717, 1.165) is 36.0 Å². The summed E-state index contributed by atoms with van der Waals surface area (Å²) in [5, 5.41) is 10.6. The van der Waals surface area contributed by atoms with Gasteiger partial charge in [0.15, 0.2) is 6.61 Å². The first-order chi connectivity index (χ1) is 14.3. The topological polar surface area (TPSA) is 95.9 Å². The molecule has 2 fully saturated rings. The van der Waals surface area contributed by atoms with Crippen LogP contribution in [0, 0.1) is 17.3 Å². The van der Waals surface area contributed by atoms with Gasteiger partial charge in [0.2, 0.25) is 0 Å². The summed E-state index contributed by atoms with van der Waals surface area (Å²) in [4.78, 5) is 0. The van der Waals surface area contributed by atoms with Crippen molar-refractivity contribution >= 4 is 16.0 Å². The van der Waals surface area contributed by atoms with E-state index < -0.39 is 29.2 Å². The molecule has 0 aromatic heterocycles. The average Bonchev–Trinajstić information content (AvgIpc) is 2.86. The van der Waals surface area contributed by atoms with Gasteiger partial charge in [-0.05, 0) is 73.1 Å². The molecule has 0 amide bonds. The summed E-state index contributed by atoms with van der Waals surface area (Å²) in [6.45, 7) is 4.70. The molecule has 3 aliphatic rings. The van der Waals surface area contributed by atoms with Crippen LogP contribution in [0.4, 0.5) is 18.9 Å². The lowest BCUT2D eigenvalue weighted by Gasteiger charge is -2.50. The lowest BCUT2D eigenvalue weighted by Crippen LogP contribution is -2.44.